The average molecular weight is 374 g/mol. The zero-order valence-corrected chi connectivity index (χ0v) is 15.9. The summed E-state index contributed by atoms with van der Waals surface area (Å²) in [6.45, 7) is 4.76. The number of amides is 4. The first-order valence-corrected chi connectivity index (χ1v) is 9.18. The van der Waals surface area contributed by atoms with E-state index in [4.69, 9.17) is 4.74 Å². The molecule has 0 bridgehead atoms. The van der Waals surface area contributed by atoms with E-state index >= 15 is 0 Å². The third kappa shape index (κ3) is 4.15. The fourth-order valence-corrected chi connectivity index (χ4v) is 3.46. The highest BCUT2D eigenvalue weighted by Gasteiger charge is 2.44. The van der Waals surface area contributed by atoms with E-state index in [0.29, 0.717) is 19.5 Å². The van der Waals surface area contributed by atoms with Crippen molar-refractivity contribution in [2.45, 2.75) is 38.4 Å². The summed E-state index contributed by atoms with van der Waals surface area (Å²) in [4.78, 5) is 40.8. The minimum Gasteiger partial charge on any atom is -0.497 e. The third-order valence-electron chi connectivity index (χ3n) is 4.88. The lowest BCUT2D eigenvalue weighted by Crippen LogP contribution is -2.70. The van der Waals surface area contributed by atoms with Crippen molar-refractivity contribution >= 4 is 17.8 Å². The molecule has 0 saturated carbocycles. The molecule has 0 aromatic heterocycles. The van der Waals surface area contributed by atoms with Crippen molar-refractivity contribution in [2.24, 2.45) is 0 Å². The van der Waals surface area contributed by atoms with E-state index < -0.39 is 12.1 Å². The van der Waals surface area contributed by atoms with Crippen LogP contribution >= 0.6 is 0 Å². The standard InChI is InChI=1S/C19H26N4O4/c1-12(2)20-19(26)22-8-9-23-16(11-22)17(24)21-15(18(23)25)10-13-4-6-14(27-3)7-5-13/h4-7,12,15-16H,8-11H2,1-3H3,(H,20,26)(H,21,24). The summed E-state index contributed by atoms with van der Waals surface area (Å²) in [6, 6.07) is 6.04. The van der Waals surface area contributed by atoms with Gasteiger partial charge < -0.3 is 25.2 Å². The Morgan fingerprint density at radius 3 is 2.59 bits per heavy atom. The largest absolute Gasteiger partial charge is 0.497 e. The molecule has 8 heteroatoms. The molecule has 2 aliphatic heterocycles. The number of methoxy groups -OCH3 is 1. The first-order chi connectivity index (χ1) is 12.9. The van der Waals surface area contributed by atoms with Crippen LogP contribution in [0.4, 0.5) is 4.79 Å². The van der Waals surface area contributed by atoms with Crippen molar-refractivity contribution in [2.75, 3.05) is 26.7 Å². The minimum atomic E-state index is -0.628. The molecule has 2 atom stereocenters. The Labute approximate surface area is 158 Å². The van der Waals surface area contributed by atoms with Crippen LogP contribution in [0.15, 0.2) is 24.3 Å². The van der Waals surface area contributed by atoms with Crippen LogP contribution in [0.2, 0.25) is 0 Å². The van der Waals surface area contributed by atoms with Gasteiger partial charge in [0.2, 0.25) is 11.8 Å². The summed E-state index contributed by atoms with van der Waals surface area (Å²) in [6.07, 6.45) is 0.426. The molecular weight excluding hydrogens is 348 g/mol. The number of fused-ring (bicyclic) bond motifs is 1. The van der Waals surface area contributed by atoms with Crippen molar-refractivity contribution < 1.29 is 19.1 Å². The van der Waals surface area contributed by atoms with E-state index in [1.54, 1.807) is 16.9 Å². The number of carbonyl (C=O) groups is 3. The second kappa shape index (κ2) is 7.85. The normalized spacial score (nSPS) is 22.4. The van der Waals surface area contributed by atoms with Gasteiger partial charge in [0.25, 0.3) is 0 Å². The van der Waals surface area contributed by atoms with E-state index in [1.807, 2.05) is 38.1 Å². The Morgan fingerprint density at radius 2 is 1.96 bits per heavy atom. The summed E-state index contributed by atoms with van der Waals surface area (Å²) >= 11 is 0. The van der Waals surface area contributed by atoms with E-state index in [9.17, 15) is 14.4 Å². The van der Waals surface area contributed by atoms with Crippen molar-refractivity contribution in [1.29, 1.82) is 0 Å². The molecular formula is C19H26N4O4. The van der Waals surface area contributed by atoms with E-state index in [1.165, 1.54) is 0 Å². The number of hydrogen-bond acceptors (Lipinski definition) is 4. The SMILES string of the molecule is COc1ccc(CC2NC(=O)C3CN(C(=O)NC(C)C)CCN3C2=O)cc1. The molecule has 3 rings (SSSR count). The number of rotatable bonds is 4. The lowest BCUT2D eigenvalue weighted by molar-refractivity contribution is -0.152. The predicted molar refractivity (Wildman–Crippen MR) is 99.4 cm³/mol. The van der Waals surface area contributed by atoms with Gasteiger partial charge in [-0.3, -0.25) is 9.59 Å². The molecule has 4 amide bonds. The van der Waals surface area contributed by atoms with Gasteiger partial charge in [0, 0.05) is 25.6 Å². The van der Waals surface area contributed by atoms with E-state index in [2.05, 4.69) is 10.6 Å². The highest BCUT2D eigenvalue weighted by atomic mass is 16.5. The number of piperazine rings is 2. The van der Waals surface area contributed by atoms with Crippen LogP contribution in [-0.2, 0) is 16.0 Å². The van der Waals surface area contributed by atoms with Crippen LogP contribution in [0.25, 0.3) is 0 Å². The second-order valence-electron chi connectivity index (χ2n) is 7.21. The topological polar surface area (TPSA) is 91.0 Å². The van der Waals surface area contributed by atoms with Crippen LogP contribution in [0, 0.1) is 0 Å². The van der Waals surface area contributed by atoms with Crippen molar-refractivity contribution in [3.05, 3.63) is 29.8 Å². The molecule has 2 unspecified atom stereocenters. The van der Waals surface area contributed by atoms with E-state index in [-0.39, 0.29) is 30.4 Å². The van der Waals surface area contributed by atoms with Crippen molar-refractivity contribution in [3.63, 3.8) is 0 Å². The minimum absolute atomic E-state index is 0.0196. The Kier molecular flexibility index (Phi) is 5.53. The van der Waals surface area contributed by atoms with Crippen LogP contribution in [-0.4, -0.2) is 72.5 Å². The van der Waals surface area contributed by atoms with Crippen LogP contribution in [0.5, 0.6) is 5.75 Å². The monoisotopic (exact) mass is 374 g/mol. The lowest BCUT2D eigenvalue weighted by Gasteiger charge is -2.45. The molecule has 1 aromatic carbocycles. The Hall–Kier alpha value is -2.77. The highest BCUT2D eigenvalue weighted by molar-refractivity contribution is 5.97. The molecule has 2 fully saturated rings. The zero-order valence-electron chi connectivity index (χ0n) is 15.9. The zero-order chi connectivity index (χ0) is 19.6. The summed E-state index contributed by atoms with van der Waals surface area (Å²) in [5, 5.41) is 5.65. The van der Waals surface area contributed by atoms with Gasteiger partial charge in [-0.1, -0.05) is 12.1 Å². The fourth-order valence-electron chi connectivity index (χ4n) is 3.46. The van der Waals surface area contributed by atoms with Crippen LogP contribution in [0.1, 0.15) is 19.4 Å². The summed E-state index contributed by atoms with van der Waals surface area (Å²) in [7, 11) is 1.60. The van der Waals surface area contributed by atoms with Gasteiger partial charge in [-0.25, -0.2) is 4.79 Å². The van der Waals surface area contributed by atoms with Gasteiger partial charge in [-0.2, -0.15) is 0 Å². The number of nitrogens with one attached hydrogen (secondary N) is 2. The van der Waals surface area contributed by atoms with E-state index in [0.717, 1.165) is 11.3 Å². The van der Waals surface area contributed by atoms with Gasteiger partial charge >= 0.3 is 6.03 Å². The molecule has 146 valence electrons. The third-order valence-corrected chi connectivity index (χ3v) is 4.88. The molecule has 2 N–H and O–H groups in total. The molecule has 0 spiro atoms. The number of carbonyl (C=O) groups excluding carboxylic acids is 3. The number of nitrogens with zero attached hydrogens (tertiary/aromatic N) is 2. The van der Waals surface area contributed by atoms with Crippen LogP contribution < -0.4 is 15.4 Å². The van der Waals surface area contributed by atoms with Crippen LogP contribution in [0.3, 0.4) is 0 Å². The molecule has 2 heterocycles. The highest BCUT2D eigenvalue weighted by Crippen LogP contribution is 2.19. The van der Waals surface area contributed by atoms with Gasteiger partial charge in [0.1, 0.15) is 17.8 Å². The Bertz CT molecular complexity index is 719. The average Bonchev–Trinajstić information content (AvgIpc) is 2.65. The maximum atomic E-state index is 12.9. The summed E-state index contributed by atoms with van der Waals surface area (Å²) in [5.41, 5.74) is 0.947. The quantitative estimate of drug-likeness (QED) is 0.797. The maximum Gasteiger partial charge on any atom is 0.317 e. The first kappa shape index (κ1) is 19.0. The molecule has 2 saturated heterocycles. The fraction of sp³-hybridized carbons (Fsp3) is 0.526. The maximum absolute atomic E-state index is 12.9. The number of urea groups is 1. The molecule has 8 nitrogen and oxygen atoms in total. The van der Waals surface area contributed by atoms with Crippen molar-refractivity contribution in [1.82, 2.24) is 20.4 Å². The molecule has 0 aliphatic carbocycles. The van der Waals surface area contributed by atoms with Gasteiger partial charge in [0.05, 0.1) is 13.7 Å². The second-order valence-corrected chi connectivity index (χ2v) is 7.21. The number of hydrogen-bond donors (Lipinski definition) is 2. The summed E-state index contributed by atoms with van der Waals surface area (Å²) < 4.78 is 5.14. The first-order valence-electron chi connectivity index (χ1n) is 9.18. The number of ether oxygens (including phenoxy) is 1. The summed E-state index contributed by atoms with van der Waals surface area (Å²) in [5.74, 6) is 0.433. The molecule has 2 aliphatic rings. The number of benzene rings is 1. The molecule has 0 radical (unpaired) electrons. The lowest BCUT2D eigenvalue weighted by atomic mass is 9.98. The van der Waals surface area contributed by atoms with Crippen molar-refractivity contribution in [3.8, 4) is 5.75 Å². The molecule has 1 aromatic rings. The Morgan fingerprint density at radius 1 is 1.26 bits per heavy atom. The predicted octanol–water partition coefficient (Wildman–Crippen LogP) is 0.367. The van der Waals surface area contributed by atoms with Gasteiger partial charge in [-0.15, -0.1) is 0 Å². The Balaban J connectivity index is 1.65. The smallest absolute Gasteiger partial charge is 0.317 e. The van der Waals surface area contributed by atoms with Gasteiger partial charge in [0.15, 0.2) is 0 Å². The molecule has 27 heavy (non-hydrogen) atoms. The van der Waals surface area contributed by atoms with Gasteiger partial charge in [-0.05, 0) is 31.5 Å².